The van der Waals surface area contributed by atoms with E-state index in [-0.39, 0.29) is 29.4 Å². The van der Waals surface area contributed by atoms with Crippen LogP contribution in [0, 0.1) is 5.82 Å². The van der Waals surface area contributed by atoms with Crippen LogP contribution in [-0.2, 0) is 13.6 Å². The molecule has 7 nitrogen and oxygen atoms in total. The number of aromatic nitrogens is 3. The fourth-order valence-electron chi connectivity index (χ4n) is 3.84. The Bertz CT molecular complexity index is 1050. The molecule has 0 unspecified atom stereocenters. The van der Waals surface area contributed by atoms with Crippen molar-refractivity contribution in [2.24, 2.45) is 7.05 Å². The van der Waals surface area contributed by atoms with Gasteiger partial charge in [-0.15, -0.1) is 0 Å². The zero-order valence-corrected chi connectivity index (χ0v) is 18.1. The average molecular weight is 426 g/mol. The predicted molar refractivity (Wildman–Crippen MR) is 115 cm³/mol. The minimum Gasteiger partial charge on any atom is -0.351 e. The summed E-state index contributed by atoms with van der Waals surface area (Å²) in [5, 5.41) is 11.5. The van der Waals surface area contributed by atoms with Crippen molar-refractivity contribution in [3.8, 4) is 11.3 Å². The molecule has 0 atom stereocenters. The van der Waals surface area contributed by atoms with E-state index in [1.807, 2.05) is 37.7 Å². The van der Waals surface area contributed by atoms with Crippen molar-refractivity contribution in [1.29, 1.82) is 0 Å². The molecule has 3 heterocycles. The summed E-state index contributed by atoms with van der Waals surface area (Å²) in [5.74, 6) is 0.0103. The van der Waals surface area contributed by atoms with E-state index in [0.717, 1.165) is 43.9 Å². The number of carbonyl (C=O) groups excluding carboxylic acids is 1. The monoisotopic (exact) mass is 425 g/mol. The number of halogens is 1. The molecule has 8 heteroatoms. The molecule has 0 spiro atoms. The normalized spacial score (nSPS) is 15.5. The highest BCUT2D eigenvalue weighted by Gasteiger charge is 2.24. The number of carbonyl (C=O) groups is 1. The number of rotatable bonds is 6. The van der Waals surface area contributed by atoms with Gasteiger partial charge >= 0.3 is 0 Å². The molecule has 31 heavy (non-hydrogen) atoms. The van der Waals surface area contributed by atoms with E-state index in [9.17, 15) is 9.18 Å². The first-order chi connectivity index (χ1) is 14.9. The topological polar surface area (TPSA) is 76.2 Å². The van der Waals surface area contributed by atoms with Gasteiger partial charge in [-0.05, 0) is 37.0 Å². The summed E-state index contributed by atoms with van der Waals surface area (Å²) < 4.78 is 21.1. The summed E-state index contributed by atoms with van der Waals surface area (Å²) in [5.41, 5.74) is 2.97. The van der Waals surface area contributed by atoms with E-state index in [0.29, 0.717) is 11.3 Å². The largest absolute Gasteiger partial charge is 0.351 e. The Kier molecular flexibility index (Phi) is 6.18. The molecule has 4 rings (SSSR count). The van der Waals surface area contributed by atoms with Gasteiger partial charge in [-0.2, -0.15) is 5.10 Å². The van der Waals surface area contributed by atoms with Crippen LogP contribution in [-0.4, -0.2) is 44.9 Å². The Morgan fingerprint density at radius 1 is 1.26 bits per heavy atom. The summed E-state index contributed by atoms with van der Waals surface area (Å²) in [6.45, 7) is 6.48. The van der Waals surface area contributed by atoms with Crippen LogP contribution in [0.25, 0.3) is 11.3 Å². The van der Waals surface area contributed by atoms with Gasteiger partial charge in [-0.25, -0.2) is 4.39 Å². The molecule has 0 bridgehead atoms. The molecule has 3 aromatic rings. The molecule has 0 saturated carbocycles. The SMILES string of the molecule is CC(C)c1cc(C(=O)NC2CCN(Cc3cc(-c4ccccc4F)nn3C)CC2)on1. The fourth-order valence-corrected chi connectivity index (χ4v) is 3.84. The van der Waals surface area contributed by atoms with Crippen LogP contribution in [0.3, 0.4) is 0 Å². The third-order valence-corrected chi connectivity index (χ3v) is 5.78. The highest BCUT2D eigenvalue weighted by Crippen LogP contribution is 2.23. The summed E-state index contributed by atoms with van der Waals surface area (Å²) in [6.07, 6.45) is 1.71. The number of nitrogens with zero attached hydrogens (tertiary/aromatic N) is 4. The van der Waals surface area contributed by atoms with Gasteiger partial charge in [0.25, 0.3) is 5.91 Å². The Hall–Kier alpha value is -3.00. The molecule has 1 aliphatic heterocycles. The van der Waals surface area contributed by atoms with E-state index in [2.05, 4.69) is 20.5 Å². The number of amides is 1. The lowest BCUT2D eigenvalue weighted by Crippen LogP contribution is -2.44. The number of aryl methyl sites for hydroxylation is 1. The molecule has 2 aromatic heterocycles. The molecule has 0 aliphatic carbocycles. The second-order valence-electron chi connectivity index (χ2n) is 8.42. The quantitative estimate of drug-likeness (QED) is 0.651. The van der Waals surface area contributed by atoms with Gasteiger partial charge in [0.15, 0.2) is 0 Å². The van der Waals surface area contributed by atoms with E-state index in [1.165, 1.54) is 6.07 Å². The highest BCUT2D eigenvalue weighted by molar-refractivity contribution is 5.91. The molecule has 1 aliphatic rings. The maximum Gasteiger partial charge on any atom is 0.290 e. The third kappa shape index (κ3) is 4.85. The van der Waals surface area contributed by atoms with Gasteiger partial charge in [0.1, 0.15) is 5.82 Å². The van der Waals surface area contributed by atoms with E-state index in [1.54, 1.807) is 18.2 Å². The van der Waals surface area contributed by atoms with Gasteiger partial charge in [-0.1, -0.05) is 31.1 Å². The maximum atomic E-state index is 14.1. The van der Waals surface area contributed by atoms with Crippen molar-refractivity contribution in [1.82, 2.24) is 25.2 Å². The van der Waals surface area contributed by atoms with Gasteiger partial charge in [0.05, 0.1) is 17.1 Å². The molecule has 1 N–H and O–H groups in total. The average Bonchev–Trinajstić information content (AvgIpc) is 3.38. The summed E-state index contributed by atoms with van der Waals surface area (Å²) in [7, 11) is 1.88. The molecule has 1 saturated heterocycles. The first kappa shape index (κ1) is 21.2. The Labute approximate surface area is 181 Å². The summed E-state index contributed by atoms with van der Waals surface area (Å²) in [4.78, 5) is 14.8. The first-order valence-electron chi connectivity index (χ1n) is 10.7. The maximum absolute atomic E-state index is 14.1. The molecule has 1 amide bonds. The van der Waals surface area contributed by atoms with Crippen molar-refractivity contribution in [3.63, 3.8) is 0 Å². The molecular weight excluding hydrogens is 397 g/mol. The molecule has 1 aromatic carbocycles. The lowest BCUT2D eigenvalue weighted by Gasteiger charge is -2.32. The second-order valence-corrected chi connectivity index (χ2v) is 8.42. The summed E-state index contributed by atoms with van der Waals surface area (Å²) in [6, 6.07) is 10.5. The van der Waals surface area contributed by atoms with Crippen LogP contribution in [0.2, 0.25) is 0 Å². The number of benzene rings is 1. The van der Waals surface area contributed by atoms with E-state index in [4.69, 9.17) is 4.52 Å². The zero-order valence-electron chi connectivity index (χ0n) is 18.1. The highest BCUT2D eigenvalue weighted by atomic mass is 19.1. The number of hydrogen-bond acceptors (Lipinski definition) is 5. The first-order valence-corrected chi connectivity index (χ1v) is 10.7. The Balaban J connectivity index is 1.31. The lowest BCUT2D eigenvalue weighted by molar-refractivity contribution is 0.0871. The van der Waals surface area contributed by atoms with E-state index >= 15 is 0 Å². The van der Waals surface area contributed by atoms with Crippen molar-refractivity contribution in [3.05, 3.63) is 59.4 Å². The van der Waals surface area contributed by atoms with Gasteiger partial charge in [0.2, 0.25) is 5.76 Å². The van der Waals surface area contributed by atoms with Crippen LogP contribution in [0.1, 0.15) is 54.5 Å². The molecule has 0 radical (unpaired) electrons. The molecule has 1 fully saturated rings. The minimum absolute atomic E-state index is 0.108. The fraction of sp³-hybridized carbons (Fsp3) is 0.435. The van der Waals surface area contributed by atoms with Crippen LogP contribution >= 0.6 is 0 Å². The van der Waals surface area contributed by atoms with Crippen molar-refractivity contribution in [2.45, 2.75) is 45.2 Å². The van der Waals surface area contributed by atoms with Crippen LogP contribution in [0.4, 0.5) is 4.39 Å². The van der Waals surface area contributed by atoms with Gasteiger partial charge in [0, 0.05) is 44.4 Å². The Morgan fingerprint density at radius 2 is 2.00 bits per heavy atom. The van der Waals surface area contributed by atoms with Crippen molar-refractivity contribution >= 4 is 5.91 Å². The number of likely N-dealkylation sites (tertiary alicyclic amines) is 1. The molecule has 164 valence electrons. The lowest BCUT2D eigenvalue weighted by atomic mass is 10.0. The van der Waals surface area contributed by atoms with E-state index < -0.39 is 0 Å². The number of hydrogen-bond donors (Lipinski definition) is 1. The zero-order chi connectivity index (χ0) is 22.0. The van der Waals surface area contributed by atoms with Gasteiger partial charge in [-0.3, -0.25) is 14.4 Å². The minimum atomic E-state index is -0.268. The third-order valence-electron chi connectivity index (χ3n) is 5.78. The van der Waals surface area contributed by atoms with Gasteiger partial charge < -0.3 is 9.84 Å². The standard InChI is InChI=1S/C23H28FN5O2/c1-15(2)20-13-22(31-27-20)23(30)25-16-8-10-29(11-9-16)14-17-12-21(26-28(17)3)18-6-4-5-7-19(18)24/h4-7,12-13,15-16H,8-11,14H2,1-3H3,(H,25,30). The number of nitrogens with one attached hydrogen (secondary N) is 1. The van der Waals surface area contributed by atoms with Crippen LogP contribution < -0.4 is 5.32 Å². The Morgan fingerprint density at radius 3 is 2.68 bits per heavy atom. The predicted octanol–water partition coefficient (Wildman–Crippen LogP) is 3.73. The smallest absolute Gasteiger partial charge is 0.290 e. The van der Waals surface area contributed by atoms with Crippen molar-refractivity contribution in [2.75, 3.05) is 13.1 Å². The molecular formula is C23H28FN5O2. The number of piperidine rings is 1. The van der Waals surface area contributed by atoms with Crippen LogP contribution in [0.5, 0.6) is 0 Å². The summed E-state index contributed by atoms with van der Waals surface area (Å²) >= 11 is 0. The van der Waals surface area contributed by atoms with Crippen LogP contribution in [0.15, 0.2) is 40.9 Å². The second kappa shape index (κ2) is 9.01. The van der Waals surface area contributed by atoms with Crippen molar-refractivity contribution < 1.29 is 13.7 Å².